The van der Waals surface area contributed by atoms with Gasteiger partial charge in [0.1, 0.15) is 5.75 Å². The quantitative estimate of drug-likeness (QED) is 0.412. The fraction of sp³-hybridized carbons (Fsp3) is 0.586. The van der Waals surface area contributed by atoms with Crippen molar-refractivity contribution in [2.45, 2.75) is 70.9 Å². The number of piperidine rings is 1. The summed E-state index contributed by atoms with van der Waals surface area (Å²) in [7, 11) is 1.78. The minimum absolute atomic E-state index is 0.121. The normalized spacial score (nSPS) is 26.2. The first kappa shape index (κ1) is 23.3. The molecule has 1 heterocycles. The molecule has 32 heavy (non-hydrogen) atoms. The number of rotatable bonds is 10. The number of likely N-dealkylation sites (tertiary alicyclic amines) is 1. The standard InChI is InChI=1S/C29H41NO2/c1-5-26-13-14-27(31-4)19-28(26)29(16-18-32-21-25-9-7-6-8-10-25)15-17-30(20-24-11-12-24)23(3)22(29)2/h6-10,13-14,19,22-24H,5,11-12,15-18,20-21H2,1-4H3/t22-,23?,29?/m0/s1. The number of hydrogen-bond donors (Lipinski definition) is 0. The molecular formula is C29H41NO2. The summed E-state index contributed by atoms with van der Waals surface area (Å²) in [6.45, 7) is 11.2. The third kappa shape index (κ3) is 5.05. The number of methoxy groups -OCH3 is 1. The van der Waals surface area contributed by atoms with E-state index in [9.17, 15) is 0 Å². The Morgan fingerprint density at radius 3 is 2.53 bits per heavy atom. The molecule has 0 aromatic heterocycles. The van der Waals surface area contributed by atoms with Crippen molar-refractivity contribution in [3.63, 3.8) is 0 Å². The van der Waals surface area contributed by atoms with Gasteiger partial charge in [0.05, 0.1) is 13.7 Å². The first-order valence-electron chi connectivity index (χ1n) is 12.6. The van der Waals surface area contributed by atoms with Gasteiger partial charge in [0.15, 0.2) is 0 Å². The summed E-state index contributed by atoms with van der Waals surface area (Å²) in [6.07, 6.45) is 6.15. The minimum atomic E-state index is 0.121. The van der Waals surface area contributed by atoms with E-state index in [0.29, 0.717) is 18.6 Å². The van der Waals surface area contributed by atoms with Gasteiger partial charge >= 0.3 is 0 Å². The Hall–Kier alpha value is -1.84. The highest BCUT2D eigenvalue weighted by Gasteiger charge is 2.47. The van der Waals surface area contributed by atoms with E-state index in [4.69, 9.17) is 9.47 Å². The van der Waals surface area contributed by atoms with Crippen molar-refractivity contribution in [3.8, 4) is 5.75 Å². The van der Waals surface area contributed by atoms with Crippen molar-refractivity contribution in [1.29, 1.82) is 0 Å². The lowest BCUT2D eigenvalue weighted by molar-refractivity contribution is 0.0141. The zero-order valence-electron chi connectivity index (χ0n) is 20.5. The lowest BCUT2D eigenvalue weighted by atomic mass is 9.61. The van der Waals surface area contributed by atoms with Crippen LogP contribution in [0.1, 0.15) is 63.1 Å². The first-order valence-corrected chi connectivity index (χ1v) is 12.6. The Balaban J connectivity index is 1.57. The van der Waals surface area contributed by atoms with Crippen LogP contribution in [0.2, 0.25) is 0 Å². The van der Waals surface area contributed by atoms with Crippen molar-refractivity contribution < 1.29 is 9.47 Å². The van der Waals surface area contributed by atoms with Crippen molar-refractivity contribution in [2.75, 3.05) is 26.8 Å². The Labute approximate surface area is 195 Å². The highest BCUT2D eigenvalue weighted by atomic mass is 16.5. The zero-order chi connectivity index (χ0) is 22.6. The first-order chi connectivity index (χ1) is 15.6. The molecule has 0 N–H and O–H groups in total. The van der Waals surface area contributed by atoms with Crippen LogP contribution in [0.4, 0.5) is 0 Å². The van der Waals surface area contributed by atoms with Crippen LogP contribution in [0.15, 0.2) is 48.5 Å². The minimum Gasteiger partial charge on any atom is -0.497 e. The highest BCUT2D eigenvalue weighted by Crippen LogP contribution is 2.48. The summed E-state index contributed by atoms with van der Waals surface area (Å²) in [5.74, 6) is 2.48. The van der Waals surface area contributed by atoms with E-state index in [1.807, 2.05) is 0 Å². The van der Waals surface area contributed by atoms with E-state index in [1.165, 1.54) is 49.0 Å². The van der Waals surface area contributed by atoms with Gasteiger partial charge in [-0.1, -0.05) is 50.2 Å². The van der Waals surface area contributed by atoms with Crippen LogP contribution in [0.25, 0.3) is 0 Å². The average molecular weight is 436 g/mol. The molecule has 2 aromatic carbocycles. The van der Waals surface area contributed by atoms with Crippen LogP contribution in [0, 0.1) is 11.8 Å². The largest absolute Gasteiger partial charge is 0.497 e. The molecule has 0 amide bonds. The Kier molecular flexibility index (Phi) is 7.58. The predicted octanol–water partition coefficient (Wildman–Crippen LogP) is 6.24. The number of hydrogen-bond acceptors (Lipinski definition) is 3. The summed E-state index contributed by atoms with van der Waals surface area (Å²) < 4.78 is 11.9. The van der Waals surface area contributed by atoms with Gasteiger partial charge in [0.2, 0.25) is 0 Å². The second kappa shape index (κ2) is 10.4. The molecule has 0 bridgehead atoms. The Bertz CT molecular complexity index is 863. The topological polar surface area (TPSA) is 21.7 Å². The molecule has 0 radical (unpaired) electrons. The molecule has 2 unspecified atom stereocenters. The zero-order valence-corrected chi connectivity index (χ0v) is 20.5. The van der Waals surface area contributed by atoms with Crippen LogP contribution in [0.3, 0.4) is 0 Å². The van der Waals surface area contributed by atoms with Crippen LogP contribution >= 0.6 is 0 Å². The van der Waals surface area contributed by atoms with Gasteiger partial charge in [-0.25, -0.2) is 0 Å². The highest BCUT2D eigenvalue weighted by molar-refractivity contribution is 5.42. The number of benzene rings is 2. The van der Waals surface area contributed by atoms with Crippen molar-refractivity contribution >= 4 is 0 Å². The van der Waals surface area contributed by atoms with Gasteiger partial charge in [-0.15, -0.1) is 0 Å². The van der Waals surface area contributed by atoms with Crippen LogP contribution in [0.5, 0.6) is 5.75 Å². The molecule has 1 aliphatic carbocycles. The predicted molar refractivity (Wildman–Crippen MR) is 132 cm³/mol. The van der Waals surface area contributed by atoms with Gasteiger partial charge in [0.25, 0.3) is 0 Å². The molecule has 2 aliphatic rings. The van der Waals surface area contributed by atoms with E-state index < -0.39 is 0 Å². The molecule has 4 rings (SSSR count). The third-order valence-electron chi connectivity index (χ3n) is 8.24. The van der Waals surface area contributed by atoms with Gasteiger partial charge in [-0.3, -0.25) is 0 Å². The molecule has 0 spiro atoms. The van der Waals surface area contributed by atoms with E-state index in [1.54, 1.807) is 7.11 Å². The molecule has 1 saturated carbocycles. The van der Waals surface area contributed by atoms with Crippen molar-refractivity contribution in [2.24, 2.45) is 11.8 Å². The van der Waals surface area contributed by atoms with E-state index in [2.05, 4.69) is 74.2 Å². The fourth-order valence-electron chi connectivity index (χ4n) is 5.78. The second-order valence-corrected chi connectivity index (χ2v) is 10.0. The second-order valence-electron chi connectivity index (χ2n) is 10.0. The summed E-state index contributed by atoms with van der Waals surface area (Å²) in [5.41, 5.74) is 4.32. The molecular weight excluding hydrogens is 394 g/mol. The molecule has 2 aromatic rings. The SMILES string of the molecule is CCc1ccc(OC)cc1C1(CCOCc2ccccc2)CCN(CC2CC2)C(C)[C@@H]1C. The molecule has 1 saturated heterocycles. The van der Waals surface area contributed by atoms with Crippen LogP contribution in [-0.2, 0) is 23.2 Å². The molecule has 1 aliphatic heterocycles. The number of ether oxygens (including phenoxy) is 2. The summed E-state index contributed by atoms with van der Waals surface area (Å²) >= 11 is 0. The molecule has 3 nitrogen and oxygen atoms in total. The Morgan fingerprint density at radius 2 is 1.84 bits per heavy atom. The fourth-order valence-corrected chi connectivity index (χ4v) is 5.78. The molecule has 3 atom stereocenters. The Morgan fingerprint density at radius 1 is 1.06 bits per heavy atom. The van der Waals surface area contributed by atoms with E-state index in [0.717, 1.165) is 31.1 Å². The third-order valence-corrected chi connectivity index (χ3v) is 8.24. The molecule has 174 valence electrons. The smallest absolute Gasteiger partial charge is 0.119 e. The lowest BCUT2D eigenvalue weighted by Crippen LogP contribution is -2.55. The van der Waals surface area contributed by atoms with Crippen molar-refractivity contribution in [3.05, 3.63) is 65.2 Å². The summed E-state index contributed by atoms with van der Waals surface area (Å²) in [4.78, 5) is 2.76. The maximum atomic E-state index is 6.24. The molecule has 3 heteroatoms. The summed E-state index contributed by atoms with van der Waals surface area (Å²) in [6, 6.07) is 17.8. The molecule has 2 fully saturated rings. The monoisotopic (exact) mass is 435 g/mol. The van der Waals surface area contributed by atoms with Gasteiger partial charge in [0, 0.05) is 24.6 Å². The average Bonchev–Trinajstić information content (AvgIpc) is 3.65. The van der Waals surface area contributed by atoms with Gasteiger partial charge in [-0.05, 0) is 86.2 Å². The lowest BCUT2D eigenvalue weighted by Gasteiger charge is -2.52. The van der Waals surface area contributed by atoms with E-state index >= 15 is 0 Å². The van der Waals surface area contributed by atoms with E-state index in [-0.39, 0.29) is 5.41 Å². The van der Waals surface area contributed by atoms with Crippen molar-refractivity contribution in [1.82, 2.24) is 4.90 Å². The maximum absolute atomic E-state index is 6.24. The summed E-state index contributed by atoms with van der Waals surface area (Å²) in [5, 5.41) is 0. The van der Waals surface area contributed by atoms with Gasteiger partial charge < -0.3 is 14.4 Å². The maximum Gasteiger partial charge on any atom is 0.119 e. The van der Waals surface area contributed by atoms with Gasteiger partial charge in [-0.2, -0.15) is 0 Å². The number of aryl methyl sites for hydroxylation is 1. The van der Waals surface area contributed by atoms with Crippen LogP contribution in [-0.4, -0.2) is 37.7 Å². The van der Waals surface area contributed by atoms with Crippen LogP contribution < -0.4 is 4.74 Å². The number of nitrogens with zero attached hydrogens (tertiary/aromatic N) is 1.